The molecule has 69 valence electrons. The van der Waals surface area contributed by atoms with E-state index in [2.05, 4.69) is 6.07 Å². The number of hydrogen-bond donors (Lipinski definition) is 2. The Kier molecular flexibility index (Phi) is 2.11. The van der Waals surface area contributed by atoms with Gasteiger partial charge in [-0.3, -0.25) is 0 Å². The van der Waals surface area contributed by atoms with Crippen LogP contribution in [0.4, 0.5) is 0 Å². The Morgan fingerprint density at radius 3 is 2.50 bits per heavy atom. The third-order valence-corrected chi connectivity index (χ3v) is 2.00. The van der Waals surface area contributed by atoms with Crippen molar-refractivity contribution in [1.29, 1.82) is 0 Å². The molecule has 0 unspecified atom stereocenters. The Morgan fingerprint density at radius 1 is 1.00 bits per heavy atom. The lowest BCUT2D eigenvalue weighted by molar-refractivity contribution is 0.473. The van der Waals surface area contributed by atoms with Crippen LogP contribution < -0.4 is 0 Å². The molecule has 0 heterocycles. The molecular formula is C12H9O2. The topological polar surface area (TPSA) is 40.5 Å². The van der Waals surface area contributed by atoms with Gasteiger partial charge in [0.1, 0.15) is 11.5 Å². The number of rotatable bonds is 1. The van der Waals surface area contributed by atoms with Gasteiger partial charge >= 0.3 is 0 Å². The summed E-state index contributed by atoms with van der Waals surface area (Å²) < 4.78 is 0. The number of phenolic OH excluding ortho intramolecular Hbond substituents is 2. The minimum Gasteiger partial charge on any atom is -0.507 e. The molecule has 0 aliphatic heterocycles. The normalized spacial score (nSPS) is 10.0. The summed E-state index contributed by atoms with van der Waals surface area (Å²) in [6, 6.07) is 14.6. The maximum absolute atomic E-state index is 9.56. The standard InChI is InChI=1S/C12H9O2/c13-10-5-3-4-9(8-10)11-6-1-2-7-12(11)14/h1-4,6-8,13-14H. The molecule has 0 saturated heterocycles. The fourth-order valence-corrected chi connectivity index (χ4v) is 1.34. The number of para-hydroxylation sites is 1. The summed E-state index contributed by atoms with van der Waals surface area (Å²) in [5, 5.41) is 18.8. The number of benzene rings is 2. The first-order chi connectivity index (χ1) is 6.77. The van der Waals surface area contributed by atoms with Crippen LogP contribution in [0.2, 0.25) is 0 Å². The lowest BCUT2D eigenvalue weighted by Crippen LogP contribution is -1.78. The van der Waals surface area contributed by atoms with Crippen molar-refractivity contribution < 1.29 is 10.2 Å². The van der Waals surface area contributed by atoms with Gasteiger partial charge in [-0.1, -0.05) is 24.3 Å². The molecule has 0 aliphatic rings. The zero-order valence-corrected chi connectivity index (χ0v) is 7.44. The molecule has 2 aromatic rings. The predicted octanol–water partition coefficient (Wildman–Crippen LogP) is 2.56. The second kappa shape index (κ2) is 3.42. The predicted molar refractivity (Wildman–Crippen MR) is 54.0 cm³/mol. The van der Waals surface area contributed by atoms with Crippen LogP contribution in [0.25, 0.3) is 11.1 Å². The van der Waals surface area contributed by atoms with Crippen LogP contribution in [-0.4, -0.2) is 10.2 Å². The third kappa shape index (κ3) is 1.55. The van der Waals surface area contributed by atoms with Crippen LogP contribution in [0, 0.1) is 6.07 Å². The van der Waals surface area contributed by atoms with Crippen molar-refractivity contribution in [3.8, 4) is 22.6 Å². The second-order valence-corrected chi connectivity index (χ2v) is 2.98. The maximum Gasteiger partial charge on any atom is 0.124 e. The highest BCUT2D eigenvalue weighted by atomic mass is 16.3. The van der Waals surface area contributed by atoms with Crippen molar-refractivity contribution in [2.45, 2.75) is 0 Å². The number of hydrogen-bond acceptors (Lipinski definition) is 2. The Balaban J connectivity index is 2.55. The Morgan fingerprint density at radius 2 is 1.79 bits per heavy atom. The monoisotopic (exact) mass is 185 g/mol. The van der Waals surface area contributed by atoms with Gasteiger partial charge in [-0.15, -0.1) is 0 Å². The Labute approximate surface area is 82.1 Å². The summed E-state index contributed by atoms with van der Waals surface area (Å²) in [5.41, 5.74) is 1.48. The van der Waals surface area contributed by atoms with Gasteiger partial charge in [0.05, 0.1) is 0 Å². The average molecular weight is 185 g/mol. The van der Waals surface area contributed by atoms with Gasteiger partial charge in [0, 0.05) is 11.6 Å². The molecule has 2 nitrogen and oxygen atoms in total. The van der Waals surface area contributed by atoms with Gasteiger partial charge in [-0.2, -0.15) is 0 Å². The van der Waals surface area contributed by atoms with Gasteiger partial charge in [-0.05, 0) is 23.8 Å². The van der Waals surface area contributed by atoms with E-state index in [1.807, 2.05) is 6.07 Å². The summed E-state index contributed by atoms with van der Waals surface area (Å²) in [4.78, 5) is 0. The van der Waals surface area contributed by atoms with Crippen molar-refractivity contribution >= 4 is 0 Å². The van der Waals surface area contributed by atoms with E-state index in [0.717, 1.165) is 5.56 Å². The van der Waals surface area contributed by atoms with Crippen molar-refractivity contribution in [3.05, 3.63) is 48.5 Å². The first-order valence-electron chi connectivity index (χ1n) is 4.26. The molecule has 2 N–H and O–H groups in total. The van der Waals surface area contributed by atoms with Crippen LogP contribution in [0.5, 0.6) is 11.5 Å². The van der Waals surface area contributed by atoms with E-state index < -0.39 is 0 Å². The van der Waals surface area contributed by atoms with Crippen LogP contribution in [0.15, 0.2) is 42.5 Å². The molecule has 0 aliphatic carbocycles. The van der Waals surface area contributed by atoms with E-state index >= 15 is 0 Å². The first-order valence-corrected chi connectivity index (χ1v) is 4.26. The lowest BCUT2D eigenvalue weighted by atomic mass is 10.0. The molecular weight excluding hydrogens is 176 g/mol. The highest BCUT2D eigenvalue weighted by Crippen LogP contribution is 2.29. The van der Waals surface area contributed by atoms with Gasteiger partial charge in [-0.25, -0.2) is 0 Å². The minimum atomic E-state index is 0.0748. The highest BCUT2D eigenvalue weighted by molar-refractivity contribution is 5.70. The molecule has 2 aromatic carbocycles. The molecule has 0 fully saturated rings. The fourth-order valence-electron chi connectivity index (χ4n) is 1.34. The maximum atomic E-state index is 9.56. The van der Waals surface area contributed by atoms with E-state index in [1.165, 1.54) is 0 Å². The van der Waals surface area contributed by atoms with E-state index in [9.17, 15) is 10.2 Å². The van der Waals surface area contributed by atoms with Crippen molar-refractivity contribution in [1.82, 2.24) is 0 Å². The van der Waals surface area contributed by atoms with Crippen LogP contribution in [0.3, 0.4) is 0 Å². The minimum absolute atomic E-state index is 0.0748. The number of aromatic hydroxyl groups is 2. The molecule has 14 heavy (non-hydrogen) atoms. The van der Waals surface area contributed by atoms with Gasteiger partial charge < -0.3 is 10.2 Å². The molecule has 2 rings (SSSR count). The van der Waals surface area contributed by atoms with Gasteiger partial charge in [0.25, 0.3) is 0 Å². The molecule has 1 radical (unpaired) electrons. The van der Waals surface area contributed by atoms with E-state index in [4.69, 9.17) is 0 Å². The zero-order chi connectivity index (χ0) is 9.97. The molecule has 0 saturated carbocycles. The first kappa shape index (κ1) is 8.63. The number of phenols is 2. The fraction of sp³-hybridized carbons (Fsp3) is 0. The molecule has 0 aromatic heterocycles. The van der Waals surface area contributed by atoms with Gasteiger partial charge in [0.2, 0.25) is 0 Å². The van der Waals surface area contributed by atoms with E-state index in [0.29, 0.717) is 5.56 Å². The van der Waals surface area contributed by atoms with Crippen LogP contribution in [-0.2, 0) is 0 Å². The van der Waals surface area contributed by atoms with Crippen molar-refractivity contribution in [2.75, 3.05) is 0 Å². The third-order valence-electron chi connectivity index (χ3n) is 2.00. The smallest absolute Gasteiger partial charge is 0.124 e. The van der Waals surface area contributed by atoms with E-state index in [1.54, 1.807) is 36.4 Å². The van der Waals surface area contributed by atoms with E-state index in [-0.39, 0.29) is 11.5 Å². The molecule has 0 atom stereocenters. The SMILES string of the molecule is Oc1[c]ccc(-c2ccccc2O)c1. The summed E-state index contributed by atoms with van der Waals surface area (Å²) >= 11 is 0. The molecule has 2 heteroatoms. The van der Waals surface area contributed by atoms with Gasteiger partial charge in [0.15, 0.2) is 0 Å². The zero-order valence-electron chi connectivity index (χ0n) is 7.44. The largest absolute Gasteiger partial charge is 0.507 e. The van der Waals surface area contributed by atoms with Crippen LogP contribution >= 0.6 is 0 Å². The second-order valence-electron chi connectivity index (χ2n) is 2.98. The molecule has 0 spiro atoms. The summed E-state index contributed by atoms with van der Waals surface area (Å²) in [6.45, 7) is 0. The van der Waals surface area contributed by atoms with Crippen molar-refractivity contribution in [2.24, 2.45) is 0 Å². The summed E-state index contributed by atoms with van der Waals surface area (Å²) in [7, 11) is 0. The van der Waals surface area contributed by atoms with Crippen molar-refractivity contribution in [3.63, 3.8) is 0 Å². The Hall–Kier alpha value is -1.96. The average Bonchev–Trinajstić information content (AvgIpc) is 2.18. The molecule has 0 bridgehead atoms. The summed E-state index contributed by atoms with van der Waals surface area (Å²) in [5.74, 6) is 0.281. The highest BCUT2D eigenvalue weighted by Gasteiger charge is 2.02. The lowest BCUT2D eigenvalue weighted by Gasteiger charge is -2.03. The van der Waals surface area contributed by atoms with Crippen LogP contribution in [0.1, 0.15) is 0 Å². The molecule has 0 amide bonds. The Bertz CT molecular complexity index is 450. The summed E-state index contributed by atoms with van der Waals surface area (Å²) in [6.07, 6.45) is 0. The quantitative estimate of drug-likeness (QED) is 0.716.